The summed E-state index contributed by atoms with van der Waals surface area (Å²) < 4.78 is 11.6. The van der Waals surface area contributed by atoms with Gasteiger partial charge in [0.15, 0.2) is 17.5 Å². The Morgan fingerprint density at radius 1 is 1.27 bits per heavy atom. The van der Waals surface area contributed by atoms with E-state index in [0.29, 0.717) is 29.4 Å². The minimum atomic E-state index is -0.448. The van der Waals surface area contributed by atoms with E-state index in [-0.39, 0.29) is 18.3 Å². The molecule has 0 saturated carbocycles. The molecule has 1 N–H and O–H groups in total. The molecule has 0 aliphatic carbocycles. The predicted molar refractivity (Wildman–Crippen MR) is 111 cm³/mol. The fourth-order valence-electron chi connectivity index (χ4n) is 3.27. The summed E-state index contributed by atoms with van der Waals surface area (Å²) in [5.41, 5.74) is 1.48. The van der Waals surface area contributed by atoms with Gasteiger partial charge < -0.3 is 19.4 Å². The molecule has 1 aliphatic rings. The second-order valence-electron chi connectivity index (χ2n) is 6.69. The highest BCUT2D eigenvalue weighted by molar-refractivity contribution is 7.19. The number of hydrogen-bond acceptors (Lipinski definition) is 7. The van der Waals surface area contributed by atoms with Crippen molar-refractivity contribution in [2.75, 3.05) is 19.0 Å². The summed E-state index contributed by atoms with van der Waals surface area (Å²) in [6.07, 6.45) is 4.27. The molecule has 3 heterocycles. The summed E-state index contributed by atoms with van der Waals surface area (Å²) >= 11 is 1.36. The normalized spacial score (nSPS) is 15.4. The second kappa shape index (κ2) is 8.50. The third-order valence-corrected chi connectivity index (χ3v) is 5.77. The zero-order valence-corrected chi connectivity index (χ0v) is 17.0. The summed E-state index contributed by atoms with van der Waals surface area (Å²) in [6.45, 7) is -0.150. The van der Waals surface area contributed by atoms with E-state index in [4.69, 9.17) is 4.74 Å². The van der Waals surface area contributed by atoms with Crippen LogP contribution in [0.25, 0.3) is 10.4 Å². The van der Waals surface area contributed by atoms with Crippen molar-refractivity contribution in [1.29, 1.82) is 0 Å². The number of carbonyl (C=O) groups excluding carboxylic acids is 3. The maximum Gasteiger partial charge on any atom is 0.343 e. The lowest BCUT2D eigenvalue weighted by atomic mass is 10.0. The van der Waals surface area contributed by atoms with Gasteiger partial charge in [0.1, 0.15) is 11.8 Å². The van der Waals surface area contributed by atoms with E-state index in [2.05, 4.69) is 15.0 Å². The van der Waals surface area contributed by atoms with Crippen LogP contribution in [0.1, 0.15) is 29.4 Å². The molecule has 3 aromatic rings. The van der Waals surface area contributed by atoms with Crippen molar-refractivity contribution < 1.29 is 23.9 Å². The molecule has 8 nitrogen and oxygen atoms in total. The highest BCUT2D eigenvalue weighted by atomic mass is 32.1. The van der Waals surface area contributed by atoms with Gasteiger partial charge in [-0.1, -0.05) is 11.3 Å². The van der Waals surface area contributed by atoms with Gasteiger partial charge >= 0.3 is 5.97 Å². The molecule has 1 unspecified atom stereocenters. The summed E-state index contributed by atoms with van der Waals surface area (Å²) in [4.78, 5) is 41.0. The van der Waals surface area contributed by atoms with E-state index in [1.807, 2.05) is 12.1 Å². The minimum Gasteiger partial charge on any atom is -0.482 e. The Morgan fingerprint density at radius 2 is 2.07 bits per heavy atom. The van der Waals surface area contributed by atoms with Crippen LogP contribution < -0.4 is 10.1 Å². The fourth-order valence-corrected chi connectivity index (χ4v) is 4.09. The molecule has 0 fully saturated rings. The van der Waals surface area contributed by atoms with E-state index in [1.165, 1.54) is 18.4 Å². The molecule has 0 saturated heterocycles. The summed E-state index contributed by atoms with van der Waals surface area (Å²) in [5.74, 6) is -0.0279. The van der Waals surface area contributed by atoms with Crippen molar-refractivity contribution in [3.63, 3.8) is 0 Å². The van der Waals surface area contributed by atoms with Crippen molar-refractivity contribution in [1.82, 2.24) is 9.55 Å². The van der Waals surface area contributed by atoms with Gasteiger partial charge in [-0.15, -0.1) is 0 Å². The zero-order valence-electron chi connectivity index (χ0n) is 16.2. The summed E-state index contributed by atoms with van der Waals surface area (Å²) in [6, 6.07) is 10.3. The van der Waals surface area contributed by atoms with Gasteiger partial charge in [-0.05, 0) is 48.4 Å². The molecule has 30 heavy (non-hydrogen) atoms. The number of amides is 1. The maximum atomic E-state index is 12.7. The maximum absolute atomic E-state index is 12.7. The van der Waals surface area contributed by atoms with Crippen molar-refractivity contribution >= 4 is 34.1 Å². The monoisotopic (exact) mass is 425 g/mol. The topological polar surface area (TPSA) is 99.5 Å². The van der Waals surface area contributed by atoms with Gasteiger partial charge in [-0.25, -0.2) is 9.78 Å². The quantitative estimate of drug-likeness (QED) is 0.608. The van der Waals surface area contributed by atoms with Crippen LogP contribution in [0.15, 0.2) is 48.8 Å². The molecule has 2 aromatic heterocycles. The predicted octanol–water partition coefficient (Wildman–Crippen LogP) is 3.32. The largest absolute Gasteiger partial charge is 0.482 e. The number of Topliss-reactive ketones (excluding diaryl/α,β-unsaturated/α-hetero) is 1. The highest BCUT2D eigenvalue weighted by Gasteiger charge is 2.29. The molecule has 0 spiro atoms. The number of aromatic nitrogens is 2. The number of ether oxygens (including phenoxy) is 2. The van der Waals surface area contributed by atoms with Crippen LogP contribution in [0, 0.1) is 0 Å². The van der Waals surface area contributed by atoms with Gasteiger partial charge in [0.25, 0.3) is 0 Å². The van der Waals surface area contributed by atoms with Gasteiger partial charge in [-0.3, -0.25) is 9.59 Å². The lowest BCUT2D eigenvalue weighted by molar-refractivity contribution is -0.142. The van der Waals surface area contributed by atoms with Crippen molar-refractivity contribution in [3.8, 4) is 16.2 Å². The SMILES string of the molecule is COC(=O)COc1ccc(-c2cnc(NC(=O)C3CCC(=O)c4cccn43)s2)cc1. The van der Waals surface area contributed by atoms with Crippen LogP contribution >= 0.6 is 11.3 Å². The molecular formula is C21H19N3O5S. The molecule has 1 aliphatic heterocycles. The summed E-state index contributed by atoms with van der Waals surface area (Å²) in [7, 11) is 1.31. The number of benzene rings is 1. The number of nitrogens with one attached hydrogen (secondary N) is 1. The van der Waals surface area contributed by atoms with E-state index >= 15 is 0 Å². The third kappa shape index (κ3) is 4.11. The summed E-state index contributed by atoms with van der Waals surface area (Å²) in [5, 5.41) is 3.35. The van der Waals surface area contributed by atoms with E-state index in [1.54, 1.807) is 41.2 Å². The lowest BCUT2D eigenvalue weighted by Gasteiger charge is -2.24. The van der Waals surface area contributed by atoms with Crippen LogP contribution in [-0.4, -0.2) is 40.9 Å². The standard InChI is InChI=1S/C21H19N3O5S/c1-28-19(26)12-29-14-6-4-13(5-7-14)18-11-22-21(30-18)23-20(27)16-8-9-17(25)15-3-2-10-24(15)16/h2-7,10-11,16H,8-9,12H2,1H3,(H,22,23,27). The molecule has 1 amide bonds. The van der Waals surface area contributed by atoms with Gasteiger partial charge in [-0.2, -0.15) is 0 Å². The second-order valence-corrected chi connectivity index (χ2v) is 7.72. The number of ketones is 1. The highest BCUT2D eigenvalue weighted by Crippen LogP contribution is 2.32. The van der Waals surface area contributed by atoms with Gasteiger partial charge in [0.05, 0.1) is 17.7 Å². The first-order chi connectivity index (χ1) is 14.5. The first-order valence-corrected chi connectivity index (χ1v) is 10.1. The molecule has 4 rings (SSSR count). The van der Waals surface area contributed by atoms with Crippen molar-refractivity contribution in [2.24, 2.45) is 0 Å². The van der Waals surface area contributed by atoms with Gasteiger partial charge in [0.2, 0.25) is 5.91 Å². The molecule has 1 atom stereocenters. The van der Waals surface area contributed by atoms with E-state index in [0.717, 1.165) is 10.4 Å². The Hall–Kier alpha value is -3.46. The lowest BCUT2D eigenvalue weighted by Crippen LogP contribution is -2.31. The number of nitrogens with zero attached hydrogens (tertiary/aromatic N) is 2. The van der Waals surface area contributed by atoms with Crippen LogP contribution in [0.4, 0.5) is 5.13 Å². The Kier molecular flexibility index (Phi) is 5.62. The number of esters is 1. The average molecular weight is 425 g/mol. The number of carbonyl (C=O) groups is 3. The minimum absolute atomic E-state index is 0.0552. The first-order valence-electron chi connectivity index (χ1n) is 9.32. The number of hydrogen-bond donors (Lipinski definition) is 1. The number of methoxy groups -OCH3 is 1. The number of anilines is 1. The van der Waals surface area contributed by atoms with Gasteiger partial charge in [0, 0.05) is 18.8 Å². The first kappa shape index (κ1) is 19.8. The van der Waals surface area contributed by atoms with Crippen LogP contribution in [-0.2, 0) is 14.3 Å². The van der Waals surface area contributed by atoms with Crippen molar-refractivity contribution in [3.05, 3.63) is 54.5 Å². The average Bonchev–Trinajstić information content (AvgIpc) is 3.43. The smallest absolute Gasteiger partial charge is 0.343 e. The van der Waals surface area contributed by atoms with Crippen LogP contribution in [0.5, 0.6) is 5.75 Å². The molecule has 0 bridgehead atoms. The Bertz CT molecular complexity index is 1090. The Balaban J connectivity index is 1.41. The number of thiazole rings is 1. The fraction of sp³-hybridized carbons (Fsp3) is 0.238. The molecule has 1 aromatic carbocycles. The number of fused-ring (bicyclic) bond motifs is 1. The van der Waals surface area contributed by atoms with Crippen LogP contribution in [0.3, 0.4) is 0 Å². The van der Waals surface area contributed by atoms with Crippen LogP contribution in [0.2, 0.25) is 0 Å². The van der Waals surface area contributed by atoms with Crippen molar-refractivity contribution in [2.45, 2.75) is 18.9 Å². The molecular weight excluding hydrogens is 406 g/mol. The molecule has 0 radical (unpaired) electrons. The van der Waals surface area contributed by atoms with E-state index in [9.17, 15) is 14.4 Å². The van der Waals surface area contributed by atoms with E-state index < -0.39 is 12.0 Å². The Morgan fingerprint density at radius 3 is 2.83 bits per heavy atom. The zero-order chi connectivity index (χ0) is 21.1. The molecule has 9 heteroatoms. The third-order valence-electron chi connectivity index (χ3n) is 4.81. The Labute approximate surface area is 176 Å². The molecule has 154 valence electrons. The number of rotatable bonds is 6.